The molecule has 1 saturated heterocycles. The lowest BCUT2D eigenvalue weighted by molar-refractivity contribution is 0.0199. The third-order valence-electron chi connectivity index (χ3n) is 6.68. The number of anilines is 1. The number of aromatic nitrogens is 2. The minimum absolute atomic E-state index is 0.0220. The highest BCUT2D eigenvalue weighted by Gasteiger charge is 2.51. The van der Waals surface area contributed by atoms with E-state index >= 15 is 0 Å². The Morgan fingerprint density at radius 2 is 1.94 bits per heavy atom. The van der Waals surface area contributed by atoms with Gasteiger partial charge in [-0.05, 0) is 69.7 Å². The number of alkyl halides is 2. The van der Waals surface area contributed by atoms with Crippen LogP contribution in [0.3, 0.4) is 0 Å². The lowest BCUT2D eigenvalue weighted by Crippen LogP contribution is -2.43. The summed E-state index contributed by atoms with van der Waals surface area (Å²) in [5.74, 6) is -0.0468. The fourth-order valence-corrected chi connectivity index (χ4v) is 5.89. The van der Waals surface area contributed by atoms with E-state index in [1.165, 1.54) is 12.1 Å². The van der Waals surface area contributed by atoms with Crippen LogP contribution in [0.1, 0.15) is 67.0 Å². The molecule has 0 atom stereocenters. The summed E-state index contributed by atoms with van der Waals surface area (Å²) < 4.78 is 33.5. The maximum atomic E-state index is 13.0. The zero-order valence-electron chi connectivity index (χ0n) is 19.9. The van der Waals surface area contributed by atoms with E-state index in [4.69, 9.17) is 4.74 Å². The van der Waals surface area contributed by atoms with Crippen molar-refractivity contribution in [3.8, 4) is 0 Å². The van der Waals surface area contributed by atoms with E-state index in [0.717, 1.165) is 41.6 Å². The highest BCUT2D eigenvalue weighted by Crippen LogP contribution is 2.55. The molecule has 0 unspecified atom stereocenters. The normalized spacial score (nSPS) is 22.1. The molecule has 1 N–H and O–H groups in total. The molecule has 5 rings (SSSR count). The Kier molecular flexibility index (Phi) is 5.82. The average Bonchev–Trinajstić information content (AvgIpc) is 3.48. The van der Waals surface area contributed by atoms with Gasteiger partial charge >= 0.3 is 6.09 Å². The molecule has 186 valence electrons. The number of para-hydroxylation sites is 2. The molecule has 1 saturated carbocycles. The molecule has 2 aromatic heterocycles. The fourth-order valence-electron chi connectivity index (χ4n) is 5.13. The number of likely N-dealkylation sites (tertiary alicyclic amines) is 1. The molecule has 2 aliphatic rings. The number of thiophene rings is 1. The number of hydrogen-bond donors (Lipinski definition) is 1. The Labute approximate surface area is 206 Å². The Hall–Kier alpha value is -3.01. The van der Waals surface area contributed by atoms with Crippen LogP contribution in [-0.4, -0.2) is 45.1 Å². The van der Waals surface area contributed by atoms with Gasteiger partial charge in [-0.3, -0.25) is 10.1 Å². The fraction of sp³-hybridized carbons (Fsp3) is 0.480. The van der Waals surface area contributed by atoms with Gasteiger partial charge in [-0.15, -0.1) is 11.3 Å². The second-order valence-electron chi connectivity index (χ2n) is 10.5. The number of imidazole rings is 1. The van der Waals surface area contributed by atoms with E-state index in [-0.39, 0.29) is 27.3 Å². The summed E-state index contributed by atoms with van der Waals surface area (Å²) in [7, 11) is 0. The number of benzene rings is 1. The van der Waals surface area contributed by atoms with E-state index in [1.54, 1.807) is 4.90 Å². The van der Waals surface area contributed by atoms with E-state index in [9.17, 15) is 18.4 Å². The standard InChI is InChI=1S/C25H28F2N4O3S/c1-24(2,3)34-23(33)30-11-10-25(14-30)12-15(13-25)31-17-7-5-4-6-16(17)28-22(31)29-21(32)19-9-8-18(35-19)20(26)27/h4-9,15,20H,10-14H2,1-3H3,(H,28,29,32). The molecule has 2 amide bonds. The molecule has 0 bridgehead atoms. The van der Waals surface area contributed by atoms with Crippen molar-refractivity contribution in [2.45, 2.75) is 58.1 Å². The lowest BCUT2D eigenvalue weighted by atomic mass is 9.65. The Morgan fingerprint density at radius 3 is 2.63 bits per heavy atom. The van der Waals surface area contributed by atoms with Crippen molar-refractivity contribution in [3.05, 3.63) is 46.2 Å². The number of hydrogen-bond acceptors (Lipinski definition) is 5. The van der Waals surface area contributed by atoms with Gasteiger partial charge in [0.05, 0.1) is 20.8 Å². The van der Waals surface area contributed by atoms with Crippen LogP contribution in [0.25, 0.3) is 11.0 Å². The number of fused-ring (bicyclic) bond motifs is 1. The van der Waals surface area contributed by atoms with Crippen LogP contribution in [0, 0.1) is 5.41 Å². The first-order valence-electron chi connectivity index (χ1n) is 11.7. The van der Waals surface area contributed by atoms with Crippen molar-refractivity contribution in [1.29, 1.82) is 0 Å². The van der Waals surface area contributed by atoms with Crippen molar-refractivity contribution < 1.29 is 23.1 Å². The Bertz CT molecular complexity index is 1270. The van der Waals surface area contributed by atoms with Gasteiger partial charge in [-0.2, -0.15) is 0 Å². The van der Waals surface area contributed by atoms with Crippen LogP contribution in [-0.2, 0) is 4.74 Å². The summed E-state index contributed by atoms with van der Waals surface area (Å²) in [5, 5.41) is 2.84. The number of rotatable bonds is 4. The van der Waals surface area contributed by atoms with Gasteiger partial charge in [0, 0.05) is 19.1 Å². The first-order valence-corrected chi connectivity index (χ1v) is 12.5. The molecule has 35 heavy (non-hydrogen) atoms. The number of halogens is 2. The molecule has 3 aromatic rings. The number of amides is 2. The van der Waals surface area contributed by atoms with E-state index in [2.05, 4.69) is 10.3 Å². The molecule has 1 aromatic carbocycles. The lowest BCUT2D eigenvalue weighted by Gasteiger charge is -2.46. The van der Waals surface area contributed by atoms with Gasteiger partial charge in [-0.1, -0.05) is 12.1 Å². The van der Waals surface area contributed by atoms with Crippen LogP contribution in [0.5, 0.6) is 0 Å². The minimum atomic E-state index is -2.61. The maximum Gasteiger partial charge on any atom is 0.410 e. The maximum absolute atomic E-state index is 13.0. The monoisotopic (exact) mass is 502 g/mol. The summed E-state index contributed by atoms with van der Waals surface area (Å²) in [6.45, 7) is 6.90. The predicted molar refractivity (Wildman–Crippen MR) is 130 cm³/mol. The summed E-state index contributed by atoms with van der Waals surface area (Å²) >= 11 is 0.783. The molecular weight excluding hydrogens is 474 g/mol. The highest BCUT2D eigenvalue weighted by molar-refractivity contribution is 7.14. The second-order valence-corrected chi connectivity index (χ2v) is 11.6. The molecule has 1 spiro atoms. The van der Waals surface area contributed by atoms with Gasteiger partial charge < -0.3 is 14.2 Å². The zero-order chi connectivity index (χ0) is 25.0. The van der Waals surface area contributed by atoms with Crippen LogP contribution >= 0.6 is 11.3 Å². The van der Waals surface area contributed by atoms with Crippen LogP contribution in [0.15, 0.2) is 36.4 Å². The molecule has 10 heteroatoms. The first-order chi connectivity index (χ1) is 16.5. The number of carbonyl (C=O) groups excluding carboxylic acids is 2. The molecule has 3 heterocycles. The van der Waals surface area contributed by atoms with Crippen LogP contribution in [0.4, 0.5) is 19.5 Å². The highest BCUT2D eigenvalue weighted by atomic mass is 32.1. The molecule has 2 fully saturated rings. The number of carbonyl (C=O) groups is 2. The number of ether oxygens (including phenoxy) is 1. The van der Waals surface area contributed by atoms with E-state index in [0.29, 0.717) is 19.0 Å². The van der Waals surface area contributed by atoms with Crippen molar-refractivity contribution in [2.24, 2.45) is 5.41 Å². The van der Waals surface area contributed by atoms with Crippen molar-refractivity contribution in [1.82, 2.24) is 14.5 Å². The predicted octanol–water partition coefficient (Wildman–Crippen LogP) is 6.25. The third-order valence-corrected chi connectivity index (χ3v) is 7.77. The van der Waals surface area contributed by atoms with Gasteiger partial charge in [-0.25, -0.2) is 18.6 Å². The smallest absolute Gasteiger partial charge is 0.410 e. The van der Waals surface area contributed by atoms with Gasteiger partial charge in [0.1, 0.15) is 5.60 Å². The summed E-state index contributed by atoms with van der Waals surface area (Å²) in [5.41, 5.74) is 1.15. The minimum Gasteiger partial charge on any atom is -0.444 e. The summed E-state index contributed by atoms with van der Waals surface area (Å²) in [4.78, 5) is 31.8. The van der Waals surface area contributed by atoms with E-state index < -0.39 is 17.9 Å². The van der Waals surface area contributed by atoms with E-state index in [1.807, 2.05) is 49.6 Å². The molecule has 1 aliphatic carbocycles. The molecule has 7 nitrogen and oxygen atoms in total. The number of nitrogens with zero attached hydrogens (tertiary/aromatic N) is 3. The van der Waals surface area contributed by atoms with Gasteiger partial charge in [0.2, 0.25) is 5.95 Å². The Balaban J connectivity index is 1.33. The SMILES string of the molecule is CC(C)(C)OC(=O)N1CCC2(CC(n3c(NC(=O)c4ccc(C(F)F)s4)nc4ccccc43)C2)C1. The Morgan fingerprint density at radius 1 is 1.20 bits per heavy atom. The second kappa shape index (κ2) is 8.58. The van der Waals surface area contributed by atoms with Crippen molar-refractivity contribution >= 4 is 40.3 Å². The van der Waals surface area contributed by atoms with Crippen LogP contribution < -0.4 is 5.32 Å². The van der Waals surface area contributed by atoms with Crippen molar-refractivity contribution in [2.75, 3.05) is 18.4 Å². The summed E-state index contributed by atoms with van der Waals surface area (Å²) in [6, 6.07) is 10.5. The van der Waals surface area contributed by atoms with Gasteiger partial charge in [0.25, 0.3) is 12.3 Å². The number of nitrogens with one attached hydrogen (secondary N) is 1. The topological polar surface area (TPSA) is 76.5 Å². The van der Waals surface area contributed by atoms with Crippen molar-refractivity contribution in [3.63, 3.8) is 0 Å². The molecular formula is C25H28F2N4O3S. The molecule has 1 aliphatic heterocycles. The zero-order valence-corrected chi connectivity index (χ0v) is 20.7. The quantitative estimate of drug-likeness (QED) is 0.458. The van der Waals surface area contributed by atoms with Crippen LogP contribution in [0.2, 0.25) is 0 Å². The summed E-state index contributed by atoms with van der Waals surface area (Å²) in [6.07, 6.45) is -0.279. The molecule has 0 radical (unpaired) electrons. The first kappa shape index (κ1) is 23.7. The largest absolute Gasteiger partial charge is 0.444 e. The average molecular weight is 503 g/mol. The van der Waals surface area contributed by atoms with Gasteiger partial charge in [0.15, 0.2) is 0 Å². The third kappa shape index (κ3) is 4.63.